The van der Waals surface area contributed by atoms with Crippen molar-refractivity contribution in [3.63, 3.8) is 0 Å². The van der Waals surface area contributed by atoms with Gasteiger partial charge in [0.15, 0.2) is 0 Å². The van der Waals surface area contributed by atoms with Crippen molar-refractivity contribution in [2.24, 2.45) is 5.92 Å². The predicted octanol–water partition coefficient (Wildman–Crippen LogP) is 3.68. The second-order valence-corrected chi connectivity index (χ2v) is 5.51. The highest BCUT2D eigenvalue weighted by molar-refractivity contribution is 9.10. The lowest BCUT2D eigenvalue weighted by atomic mass is 9.80. The van der Waals surface area contributed by atoms with E-state index in [2.05, 4.69) is 21.2 Å². The minimum atomic E-state index is 0.168. The van der Waals surface area contributed by atoms with Gasteiger partial charge in [-0.25, -0.2) is 0 Å². The highest BCUT2D eigenvalue weighted by Crippen LogP contribution is 2.32. The first-order valence-electron chi connectivity index (χ1n) is 5.53. The molecule has 4 heteroatoms. The summed E-state index contributed by atoms with van der Waals surface area (Å²) >= 11 is 9.32. The lowest BCUT2D eigenvalue weighted by molar-refractivity contribution is 0.187. The molecule has 0 bridgehead atoms. The van der Waals surface area contributed by atoms with Crippen LogP contribution in [0.2, 0.25) is 5.02 Å². The van der Waals surface area contributed by atoms with Gasteiger partial charge in [0, 0.05) is 10.2 Å². The molecule has 0 aliphatic heterocycles. The van der Waals surface area contributed by atoms with Crippen molar-refractivity contribution in [3.8, 4) is 0 Å². The Morgan fingerprint density at radius 3 is 2.75 bits per heavy atom. The van der Waals surface area contributed by atoms with Crippen LogP contribution in [0.25, 0.3) is 0 Å². The van der Waals surface area contributed by atoms with E-state index in [1.54, 1.807) is 0 Å². The van der Waals surface area contributed by atoms with Crippen molar-refractivity contribution in [1.82, 2.24) is 0 Å². The molecule has 16 heavy (non-hydrogen) atoms. The maximum Gasteiger partial charge on any atom is 0.0635 e. The predicted molar refractivity (Wildman–Crippen MR) is 71.0 cm³/mol. The van der Waals surface area contributed by atoms with Crippen LogP contribution in [0, 0.1) is 5.92 Å². The summed E-state index contributed by atoms with van der Waals surface area (Å²) in [5.74, 6) is 0.611. The molecule has 1 atom stereocenters. The van der Waals surface area contributed by atoms with Gasteiger partial charge in [-0.3, -0.25) is 0 Å². The van der Waals surface area contributed by atoms with Crippen LogP contribution in [-0.2, 0) is 0 Å². The van der Waals surface area contributed by atoms with Gasteiger partial charge in [-0.2, -0.15) is 0 Å². The van der Waals surface area contributed by atoms with E-state index in [1.807, 2.05) is 18.2 Å². The molecule has 2 rings (SSSR count). The van der Waals surface area contributed by atoms with E-state index in [9.17, 15) is 5.11 Å². The van der Waals surface area contributed by atoms with E-state index < -0.39 is 0 Å². The second kappa shape index (κ2) is 5.39. The fourth-order valence-corrected chi connectivity index (χ4v) is 2.45. The first kappa shape index (κ1) is 12.2. The van der Waals surface area contributed by atoms with Crippen molar-refractivity contribution in [2.75, 3.05) is 11.9 Å². The van der Waals surface area contributed by atoms with Gasteiger partial charge in [0.05, 0.1) is 17.7 Å². The topological polar surface area (TPSA) is 32.3 Å². The lowest BCUT2D eigenvalue weighted by Gasteiger charge is -2.33. The van der Waals surface area contributed by atoms with Crippen molar-refractivity contribution in [3.05, 3.63) is 27.7 Å². The number of benzene rings is 1. The standard InChI is InChI=1S/C12H15BrClNO/c13-10-6-9(4-5-11(10)14)15-12(7-16)8-2-1-3-8/h4-6,8,12,15-16H,1-3,7H2. The molecule has 0 spiro atoms. The van der Waals surface area contributed by atoms with Gasteiger partial charge in [0.1, 0.15) is 0 Å². The molecule has 1 aliphatic carbocycles. The molecule has 1 aromatic carbocycles. The van der Waals surface area contributed by atoms with E-state index in [0.29, 0.717) is 10.9 Å². The highest BCUT2D eigenvalue weighted by atomic mass is 79.9. The fourth-order valence-electron chi connectivity index (χ4n) is 1.95. The van der Waals surface area contributed by atoms with Crippen LogP contribution in [0.5, 0.6) is 0 Å². The third kappa shape index (κ3) is 2.70. The van der Waals surface area contributed by atoms with Gasteiger partial charge in [-0.15, -0.1) is 0 Å². The molecular formula is C12H15BrClNO. The third-order valence-electron chi connectivity index (χ3n) is 3.19. The first-order valence-corrected chi connectivity index (χ1v) is 6.70. The van der Waals surface area contributed by atoms with Crippen molar-refractivity contribution < 1.29 is 5.11 Å². The molecule has 2 N–H and O–H groups in total. The number of nitrogens with one attached hydrogen (secondary N) is 1. The lowest BCUT2D eigenvalue weighted by Crippen LogP contribution is -2.36. The number of halogens is 2. The van der Waals surface area contributed by atoms with Gasteiger partial charge in [-0.1, -0.05) is 18.0 Å². The summed E-state index contributed by atoms with van der Waals surface area (Å²) in [5, 5.41) is 13.4. The van der Waals surface area contributed by atoms with E-state index in [1.165, 1.54) is 19.3 Å². The minimum Gasteiger partial charge on any atom is -0.394 e. The molecule has 1 aliphatic rings. The Morgan fingerprint density at radius 1 is 1.50 bits per heavy atom. The molecule has 1 aromatic rings. The zero-order valence-corrected chi connectivity index (χ0v) is 11.3. The summed E-state index contributed by atoms with van der Waals surface area (Å²) in [4.78, 5) is 0. The average Bonchev–Trinajstić information content (AvgIpc) is 2.20. The molecule has 1 fully saturated rings. The van der Waals surface area contributed by atoms with Crippen molar-refractivity contribution >= 4 is 33.2 Å². The summed E-state index contributed by atoms with van der Waals surface area (Å²) in [7, 11) is 0. The van der Waals surface area contributed by atoms with Crippen LogP contribution in [-0.4, -0.2) is 17.8 Å². The average molecular weight is 305 g/mol. The van der Waals surface area contributed by atoms with Gasteiger partial charge in [0.2, 0.25) is 0 Å². The molecule has 0 saturated heterocycles. The maximum absolute atomic E-state index is 9.35. The molecule has 2 nitrogen and oxygen atoms in total. The molecule has 0 aromatic heterocycles. The molecule has 1 saturated carbocycles. The third-order valence-corrected chi connectivity index (χ3v) is 4.40. The Labute approximate surface area is 109 Å². The Kier molecular flexibility index (Phi) is 4.11. The molecule has 1 unspecified atom stereocenters. The summed E-state index contributed by atoms with van der Waals surface area (Å²) in [6.07, 6.45) is 3.72. The first-order chi connectivity index (χ1) is 7.70. The van der Waals surface area contributed by atoms with Crippen molar-refractivity contribution in [1.29, 1.82) is 0 Å². The summed E-state index contributed by atoms with van der Waals surface area (Å²) in [6.45, 7) is 0.185. The molecule has 0 heterocycles. The highest BCUT2D eigenvalue weighted by Gasteiger charge is 2.26. The SMILES string of the molecule is OCC(Nc1ccc(Cl)c(Br)c1)C1CCC1. The molecule has 0 radical (unpaired) electrons. The number of hydrogen-bond donors (Lipinski definition) is 2. The van der Waals surface area contributed by atoms with Crippen LogP contribution >= 0.6 is 27.5 Å². The quantitative estimate of drug-likeness (QED) is 0.889. The zero-order valence-electron chi connectivity index (χ0n) is 8.92. The van der Waals surface area contributed by atoms with E-state index in [4.69, 9.17) is 11.6 Å². The van der Waals surface area contributed by atoms with E-state index in [-0.39, 0.29) is 12.6 Å². The number of rotatable bonds is 4. The minimum absolute atomic E-state index is 0.168. The van der Waals surface area contributed by atoms with Gasteiger partial charge in [-0.05, 0) is 52.9 Å². The van der Waals surface area contributed by atoms with Gasteiger partial charge < -0.3 is 10.4 Å². The Morgan fingerprint density at radius 2 is 2.25 bits per heavy atom. The number of aliphatic hydroxyl groups is 1. The Balaban J connectivity index is 2.03. The molecule has 88 valence electrons. The molecule has 0 amide bonds. The maximum atomic E-state index is 9.35. The number of anilines is 1. The van der Waals surface area contributed by atoms with E-state index >= 15 is 0 Å². The Hall–Kier alpha value is -0.250. The summed E-state index contributed by atoms with van der Waals surface area (Å²) in [6, 6.07) is 5.91. The van der Waals surface area contributed by atoms with Gasteiger partial charge in [0.25, 0.3) is 0 Å². The van der Waals surface area contributed by atoms with Gasteiger partial charge >= 0.3 is 0 Å². The second-order valence-electron chi connectivity index (χ2n) is 4.25. The zero-order chi connectivity index (χ0) is 11.5. The molecular weight excluding hydrogens is 289 g/mol. The van der Waals surface area contributed by atoms with E-state index in [0.717, 1.165) is 10.2 Å². The fraction of sp³-hybridized carbons (Fsp3) is 0.500. The van der Waals surface area contributed by atoms with Crippen molar-refractivity contribution in [2.45, 2.75) is 25.3 Å². The van der Waals surface area contributed by atoms with Crippen LogP contribution in [0.15, 0.2) is 22.7 Å². The normalized spacial score (nSPS) is 17.9. The Bertz CT molecular complexity index is 368. The number of hydrogen-bond acceptors (Lipinski definition) is 2. The van der Waals surface area contributed by atoms with Crippen LogP contribution < -0.4 is 5.32 Å². The smallest absolute Gasteiger partial charge is 0.0635 e. The van der Waals surface area contributed by atoms with Crippen LogP contribution in [0.4, 0.5) is 5.69 Å². The summed E-state index contributed by atoms with van der Waals surface area (Å²) < 4.78 is 0.879. The monoisotopic (exact) mass is 303 g/mol. The van der Waals surface area contributed by atoms with Crippen LogP contribution in [0.3, 0.4) is 0 Å². The number of aliphatic hydroxyl groups excluding tert-OH is 1. The largest absolute Gasteiger partial charge is 0.394 e. The van der Waals surface area contributed by atoms with Crippen LogP contribution in [0.1, 0.15) is 19.3 Å². The summed E-state index contributed by atoms with van der Waals surface area (Å²) in [5.41, 5.74) is 1.00.